The highest BCUT2D eigenvalue weighted by molar-refractivity contribution is 5.17. The zero-order chi connectivity index (χ0) is 23.3. The van der Waals surface area contributed by atoms with Crippen LogP contribution in [-0.4, -0.2) is 10.7 Å². The van der Waals surface area contributed by atoms with Gasteiger partial charge in [-0.25, -0.2) is 8.78 Å². The molecule has 1 nitrogen and oxygen atoms in total. The maximum absolute atomic E-state index is 13.3. The van der Waals surface area contributed by atoms with Crippen molar-refractivity contribution in [2.45, 2.75) is 124 Å². The molecule has 0 amide bonds. The minimum Gasteiger partial charge on any atom is -0.389 e. The number of hydrogen-bond donors (Lipinski definition) is 1. The van der Waals surface area contributed by atoms with Gasteiger partial charge in [0, 0.05) is 0 Å². The zero-order valence-electron chi connectivity index (χ0n) is 20.9. The minimum atomic E-state index is -0.775. The van der Waals surface area contributed by atoms with Crippen molar-refractivity contribution < 1.29 is 13.9 Å². The third kappa shape index (κ3) is 9.60. The lowest BCUT2D eigenvalue weighted by Gasteiger charge is -2.43. The van der Waals surface area contributed by atoms with Crippen LogP contribution >= 0.6 is 0 Å². The highest BCUT2D eigenvalue weighted by atomic mass is 19.2. The van der Waals surface area contributed by atoms with E-state index in [1.807, 2.05) is 0 Å². The predicted octanol–water partition coefficient (Wildman–Crippen LogP) is 8.87. The Morgan fingerprint density at radius 3 is 1.77 bits per heavy atom. The van der Waals surface area contributed by atoms with Crippen LogP contribution in [0.25, 0.3) is 0 Å². The van der Waals surface area contributed by atoms with Gasteiger partial charge in [-0.3, -0.25) is 0 Å². The summed E-state index contributed by atoms with van der Waals surface area (Å²) in [6, 6.07) is 4.22. The molecule has 0 aliphatic rings. The van der Waals surface area contributed by atoms with Gasteiger partial charge in [-0.2, -0.15) is 0 Å². The number of benzene rings is 1. The highest BCUT2D eigenvalue weighted by Crippen LogP contribution is 2.39. The van der Waals surface area contributed by atoms with E-state index in [9.17, 15) is 13.9 Å². The van der Waals surface area contributed by atoms with E-state index >= 15 is 0 Å². The molecule has 0 fully saturated rings. The largest absolute Gasteiger partial charge is 0.389 e. The van der Waals surface area contributed by atoms with E-state index in [2.05, 4.69) is 34.6 Å². The lowest BCUT2D eigenvalue weighted by molar-refractivity contribution is -0.102. The molecule has 0 radical (unpaired) electrons. The van der Waals surface area contributed by atoms with Gasteiger partial charge in [0.15, 0.2) is 11.6 Å². The molecule has 0 bridgehead atoms. The summed E-state index contributed by atoms with van der Waals surface area (Å²) in [6.45, 7) is 10.9. The van der Waals surface area contributed by atoms with Gasteiger partial charge in [0.05, 0.1) is 5.60 Å². The lowest BCUT2D eigenvalue weighted by atomic mass is 9.68. The standard InChI is InChI=1S/C28H48F2O/c1-6-7-8-9-10-14-17-25(28(31,22(2)3)23(4)5)18-15-12-11-13-16-24-19-20-26(29)27(30)21-24/h19-23,25,31H,6-18H2,1-5H3. The van der Waals surface area contributed by atoms with Crippen LogP contribution in [0, 0.1) is 29.4 Å². The van der Waals surface area contributed by atoms with Crippen LogP contribution in [0.1, 0.15) is 117 Å². The third-order valence-electron chi connectivity index (χ3n) is 7.16. The summed E-state index contributed by atoms with van der Waals surface area (Å²) < 4.78 is 26.4. The molecule has 0 aliphatic heterocycles. The number of aliphatic hydroxyl groups is 1. The van der Waals surface area contributed by atoms with Gasteiger partial charge < -0.3 is 5.11 Å². The van der Waals surface area contributed by atoms with Crippen LogP contribution < -0.4 is 0 Å². The van der Waals surface area contributed by atoms with Crippen molar-refractivity contribution in [1.82, 2.24) is 0 Å². The van der Waals surface area contributed by atoms with E-state index in [4.69, 9.17) is 0 Å². The molecule has 1 unspecified atom stereocenters. The molecular formula is C28H48F2O. The van der Waals surface area contributed by atoms with Gasteiger partial charge in [0.2, 0.25) is 0 Å². The first-order chi connectivity index (χ1) is 14.7. The average Bonchev–Trinajstić information content (AvgIpc) is 2.72. The molecule has 1 aromatic carbocycles. The van der Waals surface area contributed by atoms with E-state index in [0.29, 0.717) is 5.92 Å². The first kappa shape index (κ1) is 28.1. The first-order valence-corrected chi connectivity index (χ1v) is 12.9. The summed E-state index contributed by atoms with van der Waals surface area (Å²) in [5.41, 5.74) is 0.267. The van der Waals surface area contributed by atoms with Gasteiger partial charge in [-0.15, -0.1) is 0 Å². The summed E-state index contributed by atoms with van der Waals surface area (Å²) >= 11 is 0. The van der Waals surface area contributed by atoms with Gasteiger partial charge in [-0.05, 0) is 61.1 Å². The monoisotopic (exact) mass is 438 g/mol. The lowest BCUT2D eigenvalue weighted by Crippen LogP contribution is -2.47. The quantitative estimate of drug-likeness (QED) is 0.241. The van der Waals surface area contributed by atoms with E-state index in [1.54, 1.807) is 6.07 Å². The Hall–Kier alpha value is -0.960. The second kappa shape index (κ2) is 15.0. The first-order valence-electron chi connectivity index (χ1n) is 12.9. The average molecular weight is 439 g/mol. The second-order valence-electron chi connectivity index (χ2n) is 10.2. The number of rotatable bonds is 17. The number of hydrogen-bond acceptors (Lipinski definition) is 1. The highest BCUT2D eigenvalue weighted by Gasteiger charge is 2.41. The van der Waals surface area contributed by atoms with Crippen molar-refractivity contribution in [3.05, 3.63) is 35.4 Å². The molecule has 0 heterocycles. The maximum Gasteiger partial charge on any atom is 0.159 e. The molecule has 0 aromatic heterocycles. The molecule has 3 heteroatoms. The van der Waals surface area contributed by atoms with E-state index in [1.165, 1.54) is 50.7 Å². The smallest absolute Gasteiger partial charge is 0.159 e. The fourth-order valence-electron chi connectivity index (χ4n) is 5.16. The van der Waals surface area contributed by atoms with E-state index in [0.717, 1.165) is 50.5 Å². The van der Waals surface area contributed by atoms with Crippen molar-refractivity contribution in [3.8, 4) is 0 Å². The normalized spacial score (nSPS) is 13.4. The minimum absolute atomic E-state index is 0.256. The van der Waals surface area contributed by atoms with E-state index < -0.39 is 17.2 Å². The van der Waals surface area contributed by atoms with E-state index in [-0.39, 0.29) is 11.8 Å². The fourth-order valence-corrected chi connectivity index (χ4v) is 5.16. The van der Waals surface area contributed by atoms with Crippen molar-refractivity contribution in [1.29, 1.82) is 0 Å². The Labute approximate surface area is 191 Å². The summed E-state index contributed by atoms with van der Waals surface area (Å²) in [7, 11) is 0. The molecular weight excluding hydrogens is 390 g/mol. The second-order valence-corrected chi connectivity index (χ2v) is 10.2. The molecule has 0 saturated carbocycles. The van der Waals surface area contributed by atoms with Crippen LogP contribution in [0.4, 0.5) is 8.78 Å². The molecule has 0 spiro atoms. The van der Waals surface area contributed by atoms with Crippen LogP contribution in [0.15, 0.2) is 18.2 Å². The Morgan fingerprint density at radius 1 is 0.742 bits per heavy atom. The van der Waals surface area contributed by atoms with Gasteiger partial charge in [0.25, 0.3) is 0 Å². The zero-order valence-corrected chi connectivity index (χ0v) is 20.9. The molecule has 1 N–H and O–H groups in total. The van der Waals surface area contributed by atoms with Crippen LogP contribution in [0.3, 0.4) is 0 Å². The van der Waals surface area contributed by atoms with Gasteiger partial charge in [0.1, 0.15) is 0 Å². The molecule has 0 aliphatic carbocycles. The van der Waals surface area contributed by atoms with Crippen molar-refractivity contribution in [2.24, 2.45) is 17.8 Å². The molecule has 0 saturated heterocycles. The third-order valence-corrected chi connectivity index (χ3v) is 7.16. The molecule has 1 atom stereocenters. The number of halogens is 2. The Morgan fingerprint density at radius 2 is 1.26 bits per heavy atom. The van der Waals surface area contributed by atoms with Gasteiger partial charge in [-0.1, -0.05) is 98.5 Å². The summed E-state index contributed by atoms with van der Waals surface area (Å²) in [5.74, 6) is -0.665. The van der Waals surface area contributed by atoms with Crippen molar-refractivity contribution in [2.75, 3.05) is 0 Å². The maximum atomic E-state index is 13.3. The molecule has 1 rings (SSSR count). The van der Waals surface area contributed by atoms with Crippen molar-refractivity contribution >= 4 is 0 Å². The number of aryl methyl sites for hydroxylation is 1. The van der Waals surface area contributed by atoms with Crippen LogP contribution in [0.5, 0.6) is 0 Å². The van der Waals surface area contributed by atoms with Crippen molar-refractivity contribution in [3.63, 3.8) is 0 Å². The Kier molecular flexibility index (Phi) is 13.6. The Balaban J connectivity index is 2.47. The molecule has 1 aromatic rings. The summed E-state index contributed by atoms with van der Waals surface area (Å²) in [4.78, 5) is 0. The molecule has 31 heavy (non-hydrogen) atoms. The van der Waals surface area contributed by atoms with Crippen LogP contribution in [0.2, 0.25) is 0 Å². The summed E-state index contributed by atoms with van der Waals surface area (Å²) in [5, 5.41) is 11.6. The number of unbranched alkanes of at least 4 members (excludes halogenated alkanes) is 8. The summed E-state index contributed by atoms with van der Waals surface area (Å²) in [6.07, 6.45) is 15.1. The van der Waals surface area contributed by atoms with Crippen LogP contribution in [-0.2, 0) is 6.42 Å². The Bertz CT molecular complexity index is 589. The predicted molar refractivity (Wildman–Crippen MR) is 129 cm³/mol. The topological polar surface area (TPSA) is 20.2 Å². The fraction of sp³-hybridized carbons (Fsp3) is 0.786. The SMILES string of the molecule is CCCCCCCCC(CCCCCCc1ccc(F)c(F)c1)C(O)(C(C)C)C(C)C. The van der Waals surface area contributed by atoms with Gasteiger partial charge >= 0.3 is 0 Å². The molecule has 180 valence electrons.